The summed E-state index contributed by atoms with van der Waals surface area (Å²) < 4.78 is 5.43. The molecule has 1 N–H and O–H groups in total. The largest absolute Gasteiger partial charge is 0.477 e. The Morgan fingerprint density at radius 1 is 1.56 bits per heavy atom. The van der Waals surface area contributed by atoms with Crippen molar-refractivity contribution in [2.75, 3.05) is 6.61 Å². The van der Waals surface area contributed by atoms with Gasteiger partial charge in [-0.15, -0.1) is 0 Å². The SMILES string of the molecule is CCOC(C)(C)c1nc(Cl)cc(C(=O)O)n1. The van der Waals surface area contributed by atoms with Crippen LogP contribution in [0.2, 0.25) is 5.15 Å². The highest BCUT2D eigenvalue weighted by Crippen LogP contribution is 2.22. The first-order valence-corrected chi connectivity index (χ1v) is 5.17. The summed E-state index contributed by atoms with van der Waals surface area (Å²) in [6.07, 6.45) is 0. The highest BCUT2D eigenvalue weighted by Gasteiger charge is 2.26. The van der Waals surface area contributed by atoms with E-state index in [9.17, 15) is 4.79 Å². The first-order valence-electron chi connectivity index (χ1n) is 4.79. The van der Waals surface area contributed by atoms with E-state index in [1.807, 2.05) is 6.92 Å². The topological polar surface area (TPSA) is 72.3 Å². The Morgan fingerprint density at radius 3 is 2.69 bits per heavy atom. The third kappa shape index (κ3) is 2.90. The Hall–Kier alpha value is -1.20. The molecule has 1 aromatic heterocycles. The number of carboxylic acids is 1. The summed E-state index contributed by atoms with van der Waals surface area (Å²) in [6, 6.07) is 1.20. The van der Waals surface area contributed by atoms with E-state index in [2.05, 4.69) is 9.97 Å². The van der Waals surface area contributed by atoms with Gasteiger partial charge in [-0.05, 0) is 20.8 Å². The lowest BCUT2D eigenvalue weighted by atomic mass is 10.1. The van der Waals surface area contributed by atoms with Crippen molar-refractivity contribution >= 4 is 17.6 Å². The van der Waals surface area contributed by atoms with Crippen molar-refractivity contribution in [2.24, 2.45) is 0 Å². The Balaban J connectivity index is 3.19. The predicted octanol–water partition coefficient (Wildman–Crippen LogP) is 2.10. The molecule has 0 aromatic carbocycles. The van der Waals surface area contributed by atoms with Crippen LogP contribution in [0, 0.1) is 0 Å². The van der Waals surface area contributed by atoms with Crippen LogP contribution < -0.4 is 0 Å². The second-order valence-electron chi connectivity index (χ2n) is 3.65. The van der Waals surface area contributed by atoms with Crippen LogP contribution in [-0.4, -0.2) is 27.7 Å². The first kappa shape index (κ1) is 12.9. The molecule has 0 spiro atoms. The van der Waals surface area contributed by atoms with Crippen LogP contribution in [0.15, 0.2) is 6.07 Å². The maximum absolute atomic E-state index is 10.8. The molecule has 0 amide bonds. The minimum absolute atomic E-state index is 0.0928. The van der Waals surface area contributed by atoms with Crippen LogP contribution >= 0.6 is 11.6 Å². The predicted molar refractivity (Wildman–Crippen MR) is 58.7 cm³/mol. The second kappa shape index (κ2) is 4.76. The molecule has 5 nitrogen and oxygen atoms in total. The molecule has 6 heteroatoms. The molecular weight excluding hydrogens is 232 g/mol. The fourth-order valence-electron chi connectivity index (χ4n) is 1.22. The fourth-order valence-corrected chi connectivity index (χ4v) is 1.41. The quantitative estimate of drug-likeness (QED) is 0.821. The number of hydrogen-bond donors (Lipinski definition) is 1. The number of ether oxygens (including phenoxy) is 1. The molecular formula is C10H13ClN2O3. The van der Waals surface area contributed by atoms with Crippen LogP contribution in [0.1, 0.15) is 37.1 Å². The zero-order valence-electron chi connectivity index (χ0n) is 9.32. The fraction of sp³-hybridized carbons (Fsp3) is 0.500. The minimum atomic E-state index is -1.14. The molecule has 0 aliphatic rings. The maximum atomic E-state index is 10.8. The standard InChI is InChI=1S/C10H13ClN2O3/c1-4-16-10(2,3)9-12-6(8(14)15)5-7(11)13-9/h5H,4H2,1-3H3,(H,14,15). The summed E-state index contributed by atoms with van der Waals surface area (Å²) in [7, 11) is 0. The molecule has 88 valence electrons. The number of hydrogen-bond acceptors (Lipinski definition) is 4. The lowest BCUT2D eigenvalue weighted by Gasteiger charge is -2.23. The summed E-state index contributed by atoms with van der Waals surface area (Å²) >= 11 is 5.73. The summed E-state index contributed by atoms with van der Waals surface area (Å²) in [4.78, 5) is 18.7. The normalized spacial score (nSPS) is 11.5. The van der Waals surface area contributed by atoms with Crippen molar-refractivity contribution in [2.45, 2.75) is 26.4 Å². The summed E-state index contributed by atoms with van der Waals surface area (Å²) in [6.45, 7) is 5.83. The second-order valence-corrected chi connectivity index (χ2v) is 4.04. The van der Waals surface area contributed by atoms with E-state index >= 15 is 0 Å². The van der Waals surface area contributed by atoms with E-state index in [4.69, 9.17) is 21.4 Å². The monoisotopic (exact) mass is 244 g/mol. The van der Waals surface area contributed by atoms with Gasteiger partial charge in [0.1, 0.15) is 10.8 Å². The van der Waals surface area contributed by atoms with Gasteiger partial charge in [-0.2, -0.15) is 0 Å². The van der Waals surface area contributed by atoms with Crippen molar-refractivity contribution in [1.82, 2.24) is 9.97 Å². The van der Waals surface area contributed by atoms with Crippen LogP contribution in [0.5, 0.6) is 0 Å². The smallest absolute Gasteiger partial charge is 0.354 e. The van der Waals surface area contributed by atoms with Gasteiger partial charge in [-0.3, -0.25) is 0 Å². The molecule has 0 radical (unpaired) electrons. The van der Waals surface area contributed by atoms with Crippen LogP contribution in [0.4, 0.5) is 0 Å². The van der Waals surface area contributed by atoms with Gasteiger partial charge in [0.2, 0.25) is 0 Å². The zero-order chi connectivity index (χ0) is 12.3. The van der Waals surface area contributed by atoms with Crippen molar-refractivity contribution < 1.29 is 14.6 Å². The van der Waals surface area contributed by atoms with Gasteiger partial charge < -0.3 is 9.84 Å². The lowest BCUT2D eigenvalue weighted by Crippen LogP contribution is -2.25. The van der Waals surface area contributed by atoms with Crippen LogP contribution in [-0.2, 0) is 10.3 Å². The average Bonchev–Trinajstić information content (AvgIpc) is 2.16. The number of aromatic nitrogens is 2. The Bertz CT molecular complexity index is 407. The van der Waals surface area contributed by atoms with Gasteiger partial charge in [0.05, 0.1) is 0 Å². The van der Waals surface area contributed by atoms with E-state index in [0.717, 1.165) is 0 Å². The number of carbonyl (C=O) groups is 1. The van der Waals surface area contributed by atoms with Crippen LogP contribution in [0.3, 0.4) is 0 Å². The van der Waals surface area contributed by atoms with Crippen LogP contribution in [0.25, 0.3) is 0 Å². The van der Waals surface area contributed by atoms with E-state index in [1.165, 1.54) is 6.07 Å². The van der Waals surface area contributed by atoms with E-state index < -0.39 is 11.6 Å². The number of halogens is 1. The minimum Gasteiger partial charge on any atom is -0.477 e. The highest BCUT2D eigenvalue weighted by molar-refractivity contribution is 6.29. The number of nitrogens with zero attached hydrogens (tertiary/aromatic N) is 2. The summed E-state index contributed by atoms with van der Waals surface area (Å²) in [5, 5.41) is 8.93. The Morgan fingerprint density at radius 2 is 2.19 bits per heavy atom. The summed E-state index contributed by atoms with van der Waals surface area (Å²) in [5.41, 5.74) is -0.896. The molecule has 16 heavy (non-hydrogen) atoms. The molecule has 0 bridgehead atoms. The van der Waals surface area contributed by atoms with E-state index in [1.54, 1.807) is 13.8 Å². The molecule has 0 atom stereocenters. The van der Waals surface area contributed by atoms with Gasteiger partial charge in [-0.25, -0.2) is 14.8 Å². The number of rotatable bonds is 4. The first-order chi connectivity index (χ1) is 7.36. The van der Waals surface area contributed by atoms with Crippen molar-refractivity contribution in [3.05, 3.63) is 22.7 Å². The van der Waals surface area contributed by atoms with Gasteiger partial charge >= 0.3 is 5.97 Å². The molecule has 0 aliphatic carbocycles. The molecule has 1 heterocycles. The Labute approximate surface area is 98.4 Å². The molecule has 0 saturated heterocycles. The third-order valence-electron chi connectivity index (χ3n) is 1.96. The van der Waals surface area contributed by atoms with Gasteiger partial charge in [0, 0.05) is 12.7 Å². The van der Waals surface area contributed by atoms with Gasteiger partial charge in [0.15, 0.2) is 11.5 Å². The molecule has 1 rings (SSSR count). The van der Waals surface area contributed by atoms with Crippen molar-refractivity contribution in [3.63, 3.8) is 0 Å². The Kier molecular flexibility index (Phi) is 3.83. The number of carboxylic acid groups (broad SMARTS) is 1. The molecule has 1 aromatic rings. The molecule has 0 fully saturated rings. The maximum Gasteiger partial charge on any atom is 0.354 e. The lowest BCUT2D eigenvalue weighted by molar-refractivity contribution is -0.0209. The average molecular weight is 245 g/mol. The molecule has 0 unspecified atom stereocenters. The summed E-state index contributed by atoms with van der Waals surface area (Å²) in [5.74, 6) is -0.878. The zero-order valence-corrected chi connectivity index (χ0v) is 10.1. The highest BCUT2D eigenvalue weighted by atomic mass is 35.5. The number of aromatic carboxylic acids is 1. The van der Waals surface area contributed by atoms with E-state index in [0.29, 0.717) is 6.61 Å². The van der Waals surface area contributed by atoms with Crippen molar-refractivity contribution in [1.29, 1.82) is 0 Å². The molecule has 0 saturated carbocycles. The molecule has 0 aliphatic heterocycles. The van der Waals surface area contributed by atoms with Gasteiger partial charge in [-0.1, -0.05) is 11.6 Å². The van der Waals surface area contributed by atoms with E-state index in [-0.39, 0.29) is 16.7 Å². The third-order valence-corrected chi connectivity index (χ3v) is 2.15. The van der Waals surface area contributed by atoms with Gasteiger partial charge in [0.25, 0.3) is 0 Å². The van der Waals surface area contributed by atoms with Crippen molar-refractivity contribution in [3.8, 4) is 0 Å².